The number of halogens is 1. The predicted octanol–water partition coefficient (Wildman–Crippen LogP) is 3.32. The van der Waals surface area contributed by atoms with Crippen molar-refractivity contribution in [3.63, 3.8) is 0 Å². The minimum Gasteiger partial charge on any atom is -0.0928 e. The van der Waals surface area contributed by atoms with Crippen LogP contribution in [-0.4, -0.2) is 28.4 Å². The van der Waals surface area contributed by atoms with Gasteiger partial charge in [0.25, 0.3) is 0 Å². The highest BCUT2D eigenvalue weighted by Crippen LogP contribution is 2.15. The van der Waals surface area contributed by atoms with E-state index < -0.39 is 0 Å². The van der Waals surface area contributed by atoms with Crippen molar-refractivity contribution in [3.05, 3.63) is 0 Å². The maximum atomic E-state index is 3.47. The largest absolute Gasteiger partial charge is 0.316 e. The van der Waals surface area contributed by atoms with Crippen molar-refractivity contribution in [1.29, 1.82) is 0 Å². The lowest BCUT2D eigenvalue weighted by atomic mass is 9.98. The molecule has 0 aromatic heterocycles. The monoisotopic (exact) mass is 246 g/mol. The van der Waals surface area contributed by atoms with E-state index >= 15 is 0 Å². The normalized spacial score (nSPS) is 12.8. The molecule has 0 radical (unpaired) electrons. The Labute approximate surface area is 102 Å². The van der Waals surface area contributed by atoms with Crippen LogP contribution in [0.15, 0.2) is 0 Å². The van der Waals surface area contributed by atoms with Crippen molar-refractivity contribution in [1.82, 2.24) is 0 Å². The highest BCUT2D eigenvalue weighted by atomic mass is 79.9. The van der Waals surface area contributed by atoms with Crippen molar-refractivity contribution in [2.45, 2.75) is 46.5 Å². The molecular weight excluding hydrogens is 224 g/mol. The lowest BCUT2D eigenvalue weighted by Gasteiger charge is -2.09. The van der Waals surface area contributed by atoms with E-state index in [1.807, 2.05) is 0 Å². The summed E-state index contributed by atoms with van der Waals surface area (Å²) >= 11 is 3.47. The molecule has 72 valence electrons. The van der Waals surface area contributed by atoms with Gasteiger partial charge in [-0.15, -0.1) is 0 Å². The SMILES string of the molecule is CC(C)CCCC(C)CCBr.[MgH2]. The van der Waals surface area contributed by atoms with Crippen LogP contribution >= 0.6 is 15.9 Å². The summed E-state index contributed by atoms with van der Waals surface area (Å²) in [6.07, 6.45) is 5.54. The van der Waals surface area contributed by atoms with Gasteiger partial charge in [-0.1, -0.05) is 56.0 Å². The van der Waals surface area contributed by atoms with Gasteiger partial charge in [-0.3, -0.25) is 0 Å². The molecule has 0 nitrogen and oxygen atoms in total. The second kappa shape index (κ2) is 10.3. The van der Waals surface area contributed by atoms with Gasteiger partial charge in [-0.25, -0.2) is 0 Å². The van der Waals surface area contributed by atoms with E-state index in [0.717, 1.165) is 17.2 Å². The van der Waals surface area contributed by atoms with Gasteiger partial charge in [0.15, 0.2) is 0 Å². The molecule has 0 aliphatic heterocycles. The van der Waals surface area contributed by atoms with Crippen LogP contribution in [0, 0.1) is 11.8 Å². The summed E-state index contributed by atoms with van der Waals surface area (Å²) in [6.45, 7) is 6.95. The van der Waals surface area contributed by atoms with Crippen molar-refractivity contribution < 1.29 is 0 Å². The molecule has 0 N–H and O–H groups in total. The zero-order valence-electron chi connectivity index (χ0n) is 8.07. The van der Waals surface area contributed by atoms with E-state index in [1.54, 1.807) is 0 Å². The minimum atomic E-state index is 0. The highest BCUT2D eigenvalue weighted by Gasteiger charge is 2.01. The average Bonchev–Trinajstić information content (AvgIpc) is 1.87. The Balaban J connectivity index is 0. The summed E-state index contributed by atoms with van der Waals surface area (Å²) < 4.78 is 0. The minimum absolute atomic E-state index is 0. The van der Waals surface area contributed by atoms with Crippen molar-refractivity contribution in [2.24, 2.45) is 11.8 Å². The molecule has 0 aliphatic carbocycles. The predicted molar refractivity (Wildman–Crippen MR) is 64.8 cm³/mol. The molecule has 2 heteroatoms. The summed E-state index contributed by atoms with van der Waals surface area (Å²) in [5.41, 5.74) is 0. The molecule has 0 heterocycles. The lowest BCUT2D eigenvalue weighted by molar-refractivity contribution is 0.452. The Morgan fingerprint density at radius 3 is 2.00 bits per heavy atom. The molecule has 0 amide bonds. The Kier molecular flexibility index (Phi) is 13.5. The molecule has 0 aromatic rings. The fourth-order valence-electron chi connectivity index (χ4n) is 1.21. The fourth-order valence-corrected chi connectivity index (χ4v) is 1.99. The standard InChI is InChI=1S/C10H21Br.Mg.2H/c1-9(2)5-4-6-10(3)7-8-11;;;/h9-10H,4-8H2,1-3H3;;;. The van der Waals surface area contributed by atoms with Crippen molar-refractivity contribution >= 4 is 39.0 Å². The second-order valence-corrected chi connectivity index (χ2v) is 4.70. The molecular formula is C10H23BrMg. The summed E-state index contributed by atoms with van der Waals surface area (Å²) in [6, 6.07) is 0. The third-order valence-electron chi connectivity index (χ3n) is 2.08. The molecule has 0 aliphatic rings. The second-order valence-electron chi connectivity index (χ2n) is 3.91. The van der Waals surface area contributed by atoms with Gasteiger partial charge in [0, 0.05) is 5.33 Å². The third kappa shape index (κ3) is 11.2. The van der Waals surface area contributed by atoms with Crippen LogP contribution < -0.4 is 0 Å². The molecule has 0 saturated heterocycles. The van der Waals surface area contributed by atoms with Gasteiger partial charge < -0.3 is 0 Å². The Hall–Kier alpha value is 1.25. The zero-order valence-corrected chi connectivity index (χ0v) is 9.65. The van der Waals surface area contributed by atoms with Gasteiger partial charge in [0.05, 0.1) is 0 Å². The van der Waals surface area contributed by atoms with Crippen LogP contribution in [0.25, 0.3) is 0 Å². The lowest BCUT2D eigenvalue weighted by Crippen LogP contribution is -1.96. The van der Waals surface area contributed by atoms with Gasteiger partial charge in [-0.05, 0) is 18.3 Å². The van der Waals surface area contributed by atoms with Gasteiger partial charge in [-0.2, -0.15) is 0 Å². The number of alkyl halides is 1. The Bertz CT molecular complexity index is 83.9. The molecule has 0 fully saturated rings. The Morgan fingerprint density at radius 2 is 1.58 bits per heavy atom. The van der Waals surface area contributed by atoms with Crippen molar-refractivity contribution in [2.75, 3.05) is 5.33 Å². The van der Waals surface area contributed by atoms with E-state index in [1.165, 1.54) is 25.7 Å². The van der Waals surface area contributed by atoms with Crippen LogP contribution in [0.2, 0.25) is 0 Å². The van der Waals surface area contributed by atoms with Crippen molar-refractivity contribution in [3.8, 4) is 0 Å². The number of hydrogen-bond acceptors (Lipinski definition) is 0. The molecule has 0 rings (SSSR count). The first-order chi connectivity index (χ1) is 5.16. The Morgan fingerprint density at radius 1 is 1.00 bits per heavy atom. The van der Waals surface area contributed by atoms with E-state index in [-0.39, 0.29) is 23.1 Å². The number of rotatable bonds is 6. The van der Waals surface area contributed by atoms with Crippen LogP contribution in [0.4, 0.5) is 0 Å². The summed E-state index contributed by atoms with van der Waals surface area (Å²) in [5.74, 6) is 1.79. The van der Waals surface area contributed by atoms with E-state index in [0.29, 0.717) is 0 Å². The first-order valence-corrected chi connectivity index (χ1v) is 5.85. The smallest absolute Gasteiger partial charge is 0.0928 e. The summed E-state index contributed by atoms with van der Waals surface area (Å²) in [4.78, 5) is 0. The van der Waals surface area contributed by atoms with Gasteiger partial charge in [0.1, 0.15) is 0 Å². The van der Waals surface area contributed by atoms with Gasteiger partial charge in [0.2, 0.25) is 0 Å². The maximum Gasteiger partial charge on any atom is 0.316 e. The number of hydrogen-bond donors (Lipinski definition) is 0. The topological polar surface area (TPSA) is 0 Å². The molecule has 1 unspecified atom stereocenters. The maximum absolute atomic E-state index is 3.47. The molecule has 0 saturated carbocycles. The van der Waals surface area contributed by atoms with Crippen LogP contribution in [0.3, 0.4) is 0 Å². The molecule has 12 heavy (non-hydrogen) atoms. The molecule has 0 bridgehead atoms. The van der Waals surface area contributed by atoms with Gasteiger partial charge >= 0.3 is 23.1 Å². The van der Waals surface area contributed by atoms with Crippen LogP contribution in [0.5, 0.6) is 0 Å². The summed E-state index contributed by atoms with van der Waals surface area (Å²) in [5, 5.41) is 1.16. The summed E-state index contributed by atoms with van der Waals surface area (Å²) in [7, 11) is 0. The van der Waals surface area contributed by atoms with Crippen LogP contribution in [0.1, 0.15) is 46.5 Å². The van der Waals surface area contributed by atoms with E-state index in [9.17, 15) is 0 Å². The third-order valence-corrected chi connectivity index (χ3v) is 2.54. The zero-order chi connectivity index (χ0) is 8.69. The molecule has 0 spiro atoms. The molecule has 0 aromatic carbocycles. The fraction of sp³-hybridized carbons (Fsp3) is 1.00. The quantitative estimate of drug-likeness (QED) is 0.499. The highest BCUT2D eigenvalue weighted by molar-refractivity contribution is 9.09. The first-order valence-electron chi connectivity index (χ1n) is 4.72. The average molecular weight is 248 g/mol. The van der Waals surface area contributed by atoms with Crippen LogP contribution in [-0.2, 0) is 0 Å². The van der Waals surface area contributed by atoms with E-state index in [2.05, 4.69) is 36.7 Å². The van der Waals surface area contributed by atoms with E-state index in [4.69, 9.17) is 0 Å². The molecule has 1 atom stereocenters. The first kappa shape index (κ1) is 15.7.